The van der Waals surface area contributed by atoms with E-state index in [1.807, 2.05) is 0 Å². The smallest absolute Gasteiger partial charge is 0.184 e. The van der Waals surface area contributed by atoms with Crippen LogP contribution in [0.1, 0.15) is 39.8 Å². The number of methoxy groups -OCH3 is 2. The van der Waals surface area contributed by atoms with E-state index in [0.717, 1.165) is 0 Å². The van der Waals surface area contributed by atoms with E-state index < -0.39 is 5.92 Å². The number of nitrogens with zero attached hydrogens (tertiary/aromatic N) is 1. The summed E-state index contributed by atoms with van der Waals surface area (Å²) >= 11 is 0. The molecule has 7 nitrogen and oxygen atoms in total. The van der Waals surface area contributed by atoms with Gasteiger partial charge in [0.15, 0.2) is 23.1 Å². The molecule has 0 spiro atoms. The Balaban J connectivity index is 1.80. The third-order valence-electron chi connectivity index (χ3n) is 5.54. The average Bonchev–Trinajstić information content (AvgIpc) is 2.87. The van der Waals surface area contributed by atoms with Gasteiger partial charge in [-0.05, 0) is 61.0 Å². The number of aliphatic hydroxyl groups excluding tert-OH is 1. The van der Waals surface area contributed by atoms with Gasteiger partial charge in [-0.3, -0.25) is 9.59 Å². The molecule has 0 radical (unpaired) electrons. The molecule has 0 saturated carbocycles. The molecule has 0 aliphatic carbocycles. The molecule has 2 aromatic carbocycles. The third kappa shape index (κ3) is 6.02. The number of hydrogen-bond donors (Lipinski definition) is 1. The molecule has 0 aliphatic rings. The maximum absolute atomic E-state index is 13.7. The van der Waals surface area contributed by atoms with Crippen LogP contribution in [0.2, 0.25) is 0 Å². The molecule has 0 aliphatic heterocycles. The highest BCUT2D eigenvalue weighted by Gasteiger charge is 2.23. The van der Waals surface area contributed by atoms with Crippen LogP contribution < -0.4 is 14.2 Å². The first-order chi connectivity index (χ1) is 16.8. The fourth-order valence-corrected chi connectivity index (χ4v) is 3.60. The van der Waals surface area contributed by atoms with Crippen LogP contribution >= 0.6 is 0 Å². The van der Waals surface area contributed by atoms with E-state index in [1.54, 1.807) is 56.3 Å². The molecular weight excluding hydrogens is 453 g/mol. The molecule has 1 heterocycles. The molecule has 35 heavy (non-hydrogen) atoms. The summed E-state index contributed by atoms with van der Waals surface area (Å²) in [5.41, 5.74) is 2.06. The summed E-state index contributed by atoms with van der Waals surface area (Å²) in [6, 6.07) is 12.5. The predicted octanol–water partition coefficient (Wildman–Crippen LogP) is 4.68. The topological polar surface area (TPSA) is 95.0 Å². The summed E-state index contributed by atoms with van der Waals surface area (Å²) in [4.78, 5) is 30.5. The van der Waals surface area contributed by atoms with Crippen molar-refractivity contribution >= 4 is 11.6 Å². The molecule has 1 aromatic heterocycles. The normalized spacial score (nSPS) is 11.6. The summed E-state index contributed by atoms with van der Waals surface area (Å²) in [6.45, 7) is 3.27. The quantitative estimate of drug-likeness (QED) is 0.398. The summed E-state index contributed by atoms with van der Waals surface area (Å²) in [7, 11) is 2.95. The van der Waals surface area contributed by atoms with Gasteiger partial charge in [0.1, 0.15) is 29.6 Å². The number of ketones is 2. The third-order valence-corrected chi connectivity index (χ3v) is 5.54. The molecule has 0 saturated heterocycles. The summed E-state index contributed by atoms with van der Waals surface area (Å²) in [5.74, 6) is -0.282. The minimum absolute atomic E-state index is 0.0302. The number of rotatable bonds is 11. The fourth-order valence-electron chi connectivity index (χ4n) is 3.60. The van der Waals surface area contributed by atoms with Crippen molar-refractivity contribution in [3.63, 3.8) is 0 Å². The number of Topliss-reactive ketones (excluding diaryl/α,β-unsaturated/α-hetero) is 2. The highest BCUT2D eigenvalue weighted by atomic mass is 19.1. The zero-order valence-electron chi connectivity index (χ0n) is 20.1. The number of benzene rings is 2. The largest absolute Gasteiger partial charge is 0.494 e. The Kier molecular flexibility index (Phi) is 8.54. The molecule has 1 N–H and O–H groups in total. The Morgan fingerprint density at radius 2 is 1.71 bits per heavy atom. The average molecular weight is 482 g/mol. The van der Waals surface area contributed by atoms with Gasteiger partial charge in [-0.25, -0.2) is 9.37 Å². The first kappa shape index (κ1) is 25.8. The van der Waals surface area contributed by atoms with Crippen molar-refractivity contribution in [1.82, 2.24) is 4.98 Å². The van der Waals surface area contributed by atoms with Crippen LogP contribution in [0.3, 0.4) is 0 Å². The Bertz CT molecular complexity index is 1230. The number of aryl methyl sites for hydroxylation is 1. The lowest BCUT2D eigenvalue weighted by Crippen LogP contribution is -2.17. The fraction of sp³-hybridized carbons (Fsp3) is 0.296. The summed E-state index contributed by atoms with van der Waals surface area (Å²) in [6.07, 6.45) is -0.0302. The molecule has 1 unspecified atom stereocenters. The van der Waals surface area contributed by atoms with E-state index in [-0.39, 0.29) is 42.7 Å². The van der Waals surface area contributed by atoms with Crippen molar-refractivity contribution in [2.75, 3.05) is 27.4 Å². The molecule has 3 aromatic rings. The van der Waals surface area contributed by atoms with Gasteiger partial charge in [-0.15, -0.1) is 0 Å². The predicted molar refractivity (Wildman–Crippen MR) is 129 cm³/mol. The van der Waals surface area contributed by atoms with Gasteiger partial charge in [-0.2, -0.15) is 0 Å². The van der Waals surface area contributed by atoms with Crippen molar-refractivity contribution in [2.24, 2.45) is 5.92 Å². The van der Waals surface area contributed by atoms with Gasteiger partial charge < -0.3 is 19.3 Å². The van der Waals surface area contributed by atoms with Crippen LogP contribution in [0.15, 0.2) is 48.5 Å². The molecule has 0 fully saturated rings. The summed E-state index contributed by atoms with van der Waals surface area (Å²) in [5, 5.41) is 8.93. The number of pyridine rings is 1. The maximum atomic E-state index is 13.7. The highest BCUT2D eigenvalue weighted by Crippen LogP contribution is 2.31. The van der Waals surface area contributed by atoms with E-state index >= 15 is 0 Å². The van der Waals surface area contributed by atoms with E-state index in [1.165, 1.54) is 20.3 Å². The standard InChI is InChI=1S/C27H28FNO6/c1-16-13-19(5-7-20(16)28)26-24(33-3)10-8-21(29-26)27(32)17(2)14-22(31)18-6-9-23(35-12-11-30)25(15-18)34-4/h5-10,13,15,17,30H,11-12,14H2,1-4H3. The van der Waals surface area contributed by atoms with Crippen molar-refractivity contribution in [3.05, 3.63) is 71.2 Å². The van der Waals surface area contributed by atoms with Crippen LogP contribution in [-0.2, 0) is 0 Å². The minimum atomic E-state index is -0.637. The Labute approximate surface area is 203 Å². The molecular formula is C27H28FNO6. The minimum Gasteiger partial charge on any atom is -0.494 e. The maximum Gasteiger partial charge on any atom is 0.184 e. The zero-order valence-corrected chi connectivity index (χ0v) is 20.1. The molecule has 8 heteroatoms. The number of carbonyl (C=O) groups is 2. The molecule has 1 atom stereocenters. The first-order valence-electron chi connectivity index (χ1n) is 11.1. The van der Waals surface area contributed by atoms with Crippen LogP contribution in [0.4, 0.5) is 4.39 Å². The van der Waals surface area contributed by atoms with Gasteiger partial charge in [0.25, 0.3) is 0 Å². The number of hydrogen-bond acceptors (Lipinski definition) is 7. The van der Waals surface area contributed by atoms with Crippen molar-refractivity contribution in [1.29, 1.82) is 0 Å². The molecule has 3 rings (SSSR count). The second kappa shape index (κ2) is 11.6. The SMILES string of the molecule is COc1cc(C(=O)CC(C)C(=O)c2ccc(OC)c(-c3ccc(F)c(C)c3)n2)ccc1OCCO. The lowest BCUT2D eigenvalue weighted by Gasteiger charge is -2.14. The van der Waals surface area contributed by atoms with Crippen LogP contribution in [-0.4, -0.2) is 49.1 Å². The molecule has 0 bridgehead atoms. The van der Waals surface area contributed by atoms with Gasteiger partial charge in [0.2, 0.25) is 0 Å². The Morgan fingerprint density at radius 1 is 1.00 bits per heavy atom. The van der Waals surface area contributed by atoms with Crippen LogP contribution in [0.25, 0.3) is 11.3 Å². The van der Waals surface area contributed by atoms with E-state index in [9.17, 15) is 14.0 Å². The number of carbonyl (C=O) groups excluding carboxylic acids is 2. The highest BCUT2D eigenvalue weighted by molar-refractivity contribution is 6.03. The lowest BCUT2D eigenvalue weighted by atomic mass is 9.94. The number of ether oxygens (including phenoxy) is 3. The van der Waals surface area contributed by atoms with Crippen LogP contribution in [0.5, 0.6) is 17.2 Å². The number of aromatic nitrogens is 1. The monoisotopic (exact) mass is 481 g/mol. The van der Waals surface area contributed by atoms with Crippen LogP contribution in [0, 0.1) is 18.7 Å². The Hall–Kier alpha value is -3.78. The second-order valence-corrected chi connectivity index (χ2v) is 8.04. The number of aliphatic hydroxyl groups is 1. The van der Waals surface area contributed by atoms with Gasteiger partial charge in [0, 0.05) is 23.5 Å². The van der Waals surface area contributed by atoms with E-state index in [2.05, 4.69) is 4.98 Å². The van der Waals surface area contributed by atoms with E-state index in [4.69, 9.17) is 19.3 Å². The second-order valence-electron chi connectivity index (χ2n) is 8.04. The summed E-state index contributed by atoms with van der Waals surface area (Å²) < 4.78 is 29.8. The van der Waals surface area contributed by atoms with Gasteiger partial charge in [-0.1, -0.05) is 6.92 Å². The molecule has 184 valence electrons. The van der Waals surface area contributed by atoms with E-state index in [0.29, 0.717) is 39.6 Å². The van der Waals surface area contributed by atoms with Gasteiger partial charge >= 0.3 is 0 Å². The molecule has 0 amide bonds. The first-order valence-corrected chi connectivity index (χ1v) is 11.1. The zero-order chi connectivity index (χ0) is 25.5. The van der Waals surface area contributed by atoms with Crippen molar-refractivity contribution < 1.29 is 33.3 Å². The number of halogens is 1. The Morgan fingerprint density at radius 3 is 2.37 bits per heavy atom. The van der Waals surface area contributed by atoms with Crippen molar-refractivity contribution in [2.45, 2.75) is 20.3 Å². The lowest BCUT2D eigenvalue weighted by molar-refractivity contribution is 0.0859. The van der Waals surface area contributed by atoms with Crippen molar-refractivity contribution in [3.8, 4) is 28.5 Å². The van der Waals surface area contributed by atoms with Gasteiger partial charge in [0.05, 0.1) is 20.8 Å².